The monoisotopic (exact) mass is 309 g/mol. The number of halogens is 3. The third-order valence-corrected chi connectivity index (χ3v) is 2.68. The number of nitrogens with zero attached hydrogens (tertiary/aromatic N) is 1. The van der Waals surface area contributed by atoms with E-state index in [-0.39, 0.29) is 11.3 Å². The van der Waals surface area contributed by atoms with E-state index in [1.54, 1.807) is 0 Å². The molecule has 0 aliphatic carbocycles. The van der Waals surface area contributed by atoms with Crippen molar-refractivity contribution >= 4 is 12.2 Å². The first-order valence-corrected chi connectivity index (χ1v) is 6.07. The van der Waals surface area contributed by atoms with Crippen molar-refractivity contribution in [3.8, 4) is 5.75 Å². The number of carbonyl (C=O) groups is 1. The Labute approximate surface area is 123 Å². The van der Waals surface area contributed by atoms with Crippen LogP contribution in [0.3, 0.4) is 0 Å². The number of phenols is 1. The van der Waals surface area contributed by atoms with E-state index in [9.17, 15) is 18.0 Å². The lowest BCUT2D eigenvalue weighted by Gasteiger charge is -2.05. The molecule has 0 fully saturated rings. The molecule has 0 saturated heterocycles. The van der Waals surface area contributed by atoms with E-state index in [1.807, 2.05) is 0 Å². The SMILES string of the molecule is O=C(O/N=C/c1ccc(C(F)(F)F)cc1)c1ccc(O)cc1. The van der Waals surface area contributed by atoms with Crippen molar-refractivity contribution in [3.63, 3.8) is 0 Å². The fraction of sp³-hybridized carbons (Fsp3) is 0.0667. The number of oxime groups is 1. The molecule has 0 radical (unpaired) electrons. The van der Waals surface area contributed by atoms with Crippen molar-refractivity contribution < 1.29 is 27.9 Å². The predicted molar refractivity (Wildman–Crippen MR) is 72.6 cm³/mol. The second kappa shape index (κ2) is 6.30. The minimum absolute atomic E-state index is 0.00445. The molecule has 0 aliphatic heterocycles. The van der Waals surface area contributed by atoms with E-state index in [2.05, 4.69) is 9.99 Å². The fourth-order valence-electron chi connectivity index (χ4n) is 1.54. The van der Waals surface area contributed by atoms with E-state index in [4.69, 9.17) is 5.11 Å². The molecule has 0 aromatic heterocycles. The molecule has 2 rings (SSSR count). The van der Waals surface area contributed by atoms with Gasteiger partial charge in [-0.1, -0.05) is 17.3 Å². The summed E-state index contributed by atoms with van der Waals surface area (Å²) in [5, 5.41) is 12.5. The number of hydrogen-bond donors (Lipinski definition) is 1. The average Bonchev–Trinajstić information content (AvgIpc) is 2.47. The number of carbonyl (C=O) groups excluding carboxylic acids is 1. The molecule has 22 heavy (non-hydrogen) atoms. The number of phenolic OH excluding ortho intramolecular Hbond substituents is 1. The zero-order valence-electron chi connectivity index (χ0n) is 11.0. The molecule has 114 valence electrons. The van der Waals surface area contributed by atoms with Crippen molar-refractivity contribution in [1.82, 2.24) is 0 Å². The smallest absolute Gasteiger partial charge is 0.416 e. The standard InChI is InChI=1S/C15H10F3NO3/c16-15(17,18)12-5-1-10(2-6-12)9-19-22-14(21)11-3-7-13(20)8-4-11/h1-9,20H/b19-9+. The molecular formula is C15H10F3NO3. The normalized spacial score (nSPS) is 11.6. The van der Waals surface area contributed by atoms with Gasteiger partial charge < -0.3 is 9.94 Å². The third kappa shape index (κ3) is 4.08. The molecule has 2 aromatic rings. The summed E-state index contributed by atoms with van der Waals surface area (Å²) in [7, 11) is 0. The van der Waals surface area contributed by atoms with Crippen LogP contribution in [0, 0.1) is 0 Å². The minimum Gasteiger partial charge on any atom is -0.508 e. The summed E-state index contributed by atoms with van der Waals surface area (Å²) >= 11 is 0. The maximum absolute atomic E-state index is 12.4. The van der Waals surface area contributed by atoms with Gasteiger partial charge in [0.25, 0.3) is 0 Å². The molecule has 0 saturated carbocycles. The Morgan fingerprint density at radius 1 is 1.05 bits per heavy atom. The predicted octanol–water partition coefficient (Wildman–Crippen LogP) is 3.60. The van der Waals surface area contributed by atoms with Gasteiger partial charge in [-0.15, -0.1) is 0 Å². The lowest BCUT2D eigenvalue weighted by molar-refractivity contribution is -0.137. The Bertz CT molecular complexity index is 677. The molecule has 0 spiro atoms. The van der Waals surface area contributed by atoms with Crippen molar-refractivity contribution in [2.24, 2.45) is 5.16 Å². The molecule has 0 heterocycles. The van der Waals surface area contributed by atoms with E-state index < -0.39 is 17.7 Å². The maximum Gasteiger partial charge on any atom is 0.416 e. The van der Waals surface area contributed by atoms with Crippen LogP contribution in [0.4, 0.5) is 13.2 Å². The van der Waals surface area contributed by atoms with Crippen LogP contribution >= 0.6 is 0 Å². The summed E-state index contributed by atoms with van der Waals surface area (Å²) < 4.78 is 37.1. The van der Waals surface area contributed by atoms with Gasteiger partial charge in [0.05, 0.1) is 17.3 Å². The molecule has 0 unspecified atom stereocenters. The highest BCUT2D eigenvalue weighted by molar-refractivity contribution is 5.90. The Morgan fingerprint density at radius 3 is 2.18 bits per heavy atom. The first-order chi connectivity index (χ1) is 10.4. The van der Waals surface area contributed by atoms with E-state index in [0.717, 1.165) is 18.3 Å². The average molecular weight is 309 g/mol. The maximum atomic E-state index is 12.4. The van der Waals surface area contributed by atoms with Crippen LogP contribution in [0.1, 0.15) is 21.5 Å². The first kappa shape index (κ1) is 15.6. The molecule has 4 nitrogen and oxygen atoms in total. The molecule has 0 bridgehead atoms. The molecule has 7 heteroatoms. The van der Waals surface area contributed by atoms with Crippen LogP contribution in [0.5, 0.6) is 5.75 Å². The molecule has 1 N–H and O–H groups in total. The first-order valence-electron chi connectivity index (χ1n) is 6.07. The summed E-state index contributed by atoms with van der Waals surface area (Å²) in [6.45, 7) is 0. The highest BCUT2D eigenvalue weighted by Gasteiger charge is 2.29. The number of hydrogen-bond acceptors (Lipinski definition) is 4. The van der Waals surface area contributed by atoms with Crippen LogP contribution in [0.2, 0.25) is 0 Å². The second-order valence-corrected chi connectivity index (χ2v) is 4.28. The van der Waals surface area contributed by atoms with Gasteiger partial charge in [0, 0.05) is 0 Å². The molecule has 0 aliphatic rings. The number of benzene rings is 2. The van der Waals surface area contributed by atoms with Crippen LogP contribution < -0.4 is 0 Å². The summed E-state index contributed by atoms with van der Waals surface area (Å²) in [5.41, 5.74) is -0.236. The van der Waals surface area contributed by atoms with Gasteiger partial charge >= 0.3 is 12.1 Å². The van der Waals surface area contributed by atoms with Crippen LogP contribution in [-0.2, 0) is 11.0 Å². The van der Waals surface area contributed by atoms with Gasteiger partial charge in [-0.25, -0.2) is 4.79 Å². The van der Waals surface area contributed by atoms with Crippen molar-refractivity contribution in [2.45, 2.75) is 6.18 Å². The topological polar surface area (TPSA) is 58.9 Å². The lowest BCUT2D eigenvalue weighted by Crippen LogP contribution is -2.04. The summed E-state index contributed by atoms with van der Waals surface area (Å²) in [6.07, 6.45) is -3.28. The highest BCUT2D eigenvalue weighted by Crippen LogP contribution is 2.28. The van der Waals surface area contributed by atoms with Crippen molar-refractivity contribution in [3.05, 3.63) is 65.2 Å². The summed E-state index contributed by atoms with van der Waals surface area (Å²) in [4.78, 5) is 16.2. The highest BCUT2D eigenvalue weighted by atomic mass is 19.4. The minimum atomic E-state index is -4.40. The molecule has 2 aromatic carbocycles. The third-order valence-electron chi connectivity index (χ3n) is 2.68. The number of rotatable bonds is 3. The van der Waals surface area contributed by atoms with E-state index in [1.165, 1.54) is 36.4 Å². The number of alkyl halides is 3. The second-order valence-electron chi connectivity index (χ2n) is 4.28. The Morgan fingerprint density at radius 2 is 1.64 bits per heavy atom. The van der Waals surface area contributed by atoms with Gasteiger partial charge in [0.2, 0.25) is 0 Å². The lowest BCUT2D eigenvalue weighted by atomic mass is 10.1. The Kier molecular flexibility index (Phi) is 4.45. The zero-order valence-corrected chi connectivity index (χ0v) is 11.0. The Balaban J connectivity index is 1.97. The molecule has 0 atom stereocenters. The van der Waals surface area contributed by atoms with Gasteiger partial charge in [0.15, 0.2) is 0 Å². The van der Waals surface area contributed by atoms with Gasteiger partial charge in [-0.3, -0.25) is 0 Å². The van der Waals surface area contributed by atoms with Gasteiger partial charge in [-0.05, 0) is 42.0 Å². The quantitative estimate of drug-likeness (QED) is 0.535. The zero-order chi connectivity index (χ0) is 16.2. The largest absolute Gasteiger partial charge is 0.508 e. The molecular weight excluding hydrogens is 299 g/mol. The summed E-state index contributed by atoms with van der Waals surface area (Å²) in [5.74, 6) is -0.743. The van der Waals surface area contributed by atoms with Crippen LogP contribution in [-0.4, -0.2) is 17.3 Å². The van der Waals surface area contributed by atoms with Gasteiger partial charge in [0.1, 0.15) is 5.75 Å². The Hall–Kier alpha value is -2.83. The van der Waals surface area contributed by atoms with Crippen LogP contribution in [0.25, 0.3) is 0 Å². The van der Waals surface area contributed by atoms with E-state index >= 15 is 0 Å². The summed E-state index contributed by atoms with van der Waals surface area (Å²) in [6, 6.07) is 9.57. The fourth-order valence-corrected chi connectivity index (χ4v) is 1.54. The van der Waals surface area contributed by atoms with E-state index in [0.29, 0.717) is 5.56 Å². The van der Waals surface area contributed by atoms with Crippen LogP contribution in [0.15, 0.2) is 53.7 Å². The molecule has 0 amide bonds. The van der Waals surface area contributed by atoms with Gasteiger partial charge in [-0.2, -0.15) is 13.2 Å². The number of aromatic hydroxyl groups is 1. The van der Waals surface area contributed by atoms with Crippen molar-refractivity contribution in [2.75, 3.05) is 0 Å². The van der Waals surface area contributed by atoms with Crippen molar-refractivity contribution in [1.29, 1.82) is 0 Å².